The van der Waals surface area contributed by atoms with Crippen LogP contribution in [0.15, 0.2) is 0 Å². The molecule has 0 aliphatic carbocycles. The molecule has 0 aromatic heterocycles. The number of hydrogen-bond donors (Lipinski definition) is 0. The molecule has 5 heteroatoms. The van der Waals surface area contributed by atoms with Crippen molar-refractivity contribution in [1.82, 2.24) is 0 Å². The predicted molar refractivity (Wildman–Crippen MR) is 224 cm³/mol. The Balaban J connectivity index is 1.37. The van der Waals surface area contributed by atoms with Gasteiger partial charge in [-0.05, 0) is 25.7 Å². The molecular weight excluding hydrogens is 657 g/mol. The first-order valence-electron chi connectivity index (χ1n) is 24.2. The number of ether oxygens (including phenoxy) is 3. The fourth-order valence-electron chi connectivity index (χ4n) is 8.82. The van der Waals surface area contributed by atoms with E-state index in [0.29, 0.717) is 13.2 Å². The van der Waals surface area contributed by atoms with Gasteiger partial charge in [0.15, 0.2) is 0 Å². The molecular formula is C48H90O5. The maximum Gasteiger partial charge on any atom is 0.312 e. The largest absolute Gasteiger partial charge is 0.465 e. The maximum atomic E-state index is 13.1. The Labute approximate surface area is 330 Å². The number of unbranched alkanes of at least 4 members (excludes halogenated alkanes) is 34. The van der Waals surface area contributed by atoms with Crippen LogP contribution >= 0.6 is 0 Å². The van der Waals surface area contributed by atoms with Crippen LogP contribution in [0.1, 0.15) is 258 Å². The molecule has 2 aliphatic rings. The van der Waals surface area contributed by atoms with E-state index in [9.17, 15) is 9.59 Å². The van der Waals surface area contributed by atoms with Gasteiger partial charge in [-0.1, -0.05) is 232 Å². The van der Waals surface area contributed by atoms with Crippen LogP contribution in [0.5, 0.6) is 0 Å². The average molecular weight is 747 g/mol. The Kier molecular flexibility index (Phi) is 32.0. The topological polar surface area (TPSA) is 61.8 Å². The van der Waals surface area contributed by atoms with Crippen LogP contribution in [0, 0.1) is 11.8 Å². The van der Waals surface area contributed by atoms with Gasteiger partial charge in [-0.2, -0.15) is 0 Å². The molecule has 0 N–H and O–H groups in total. The molecule has 0 aromatic rings. The van der Waals surface area contributed by atoms with E-state index >= 15 is 0 Å². The summed E-state index contributed by atoms with van der Waals surface area (Å²) in [6.07, 6.45) is 49.6. The van der Waals surface area contributed by atoms with Gasteiger partial charge in [0.05, 0.1) is 37.3 Å². The average Bonchev–Trinajstić information content (AvgIpc) is 3.79. The van der Waals surface area contributed by atoms with Crippen molar-refractivity contribution >= 4 is 11.9 Å². The molecule has 4 unspecified atom stereocenters. The summed E-state index contributed by atoms with van der Waals surface area (Å²) in [5, 5.41) is 0. The first-order valence-corrected chi connectivity index (χ1v) is 24.2. The van der Waals surface area contributed by atoms with Gasteiger partial charge in [-0.15, -0.1) is 0 Å². The summed E-state index contributed by atoms with van der Waals surface area (Å²) in [7, 11) is 0. The lowest BCUT2D eigenvalue weighted by Gasteiger charge is -2.25. The van der Waals surface area contributed by atoms with Crippen molar-refractivity contribution in [2.24, 2.45) is 11.8 Å². The number of rotatable bonds is 40. The van der Waals surface area contributed by atoms with Crippen LogP contribution in [-0.4, -0.2) is 37.4 Å². The van der Waals surface area contributed by atoms with E-state index in [1.807, 2.05) is 0 Å². The highest BCUT2D eigenvalue weighted by atomic mass is 16.6. The Morgan fingerprint density at radius 3 is 0.792 bits per heavy atom. The fourth-order valence-corrected chi connectivity index (χ4v) is 8.82. The second-order valence-electron chi connectivity index (χ2n) is 17.2. The number of carbonyl (C=O) groups is 2. The normalized spacial score (nSPS) is 19.3. The van der Waals surface area contributed by atoms with E-state index in [1.54, 1.807) is 0 Å². The zero-order valence-corrected chi connectivity index (χ0v) is 35.6. The SMILES string of the molecule is CCCCCCCCCCCCCCCCCCCCOC(=O)C1C2CCC(O2)C1C(=O)OCCCCCCCCCCCCCCCCCCCC. The number of hydrogen-bond acceptors (Lipinski definition) is 5. The van der Waals surface area contributed by atoms with Crippen molar-refractivity contribution in [3.05, 3.63) is 0 Å². The number of esters is 2. The van der Waals surface area contributed by atoms with Gasteiger partial charge in [0.1, 0.15) is 0 Å². The molecule has 2 aliphatic heterocycles. The molecule has 0 aromatic carbocycles. The molecule has 0 radical (unpaired) electrons. The van der Waals surface area contributed by atoms with Crippen molar-refractivity contribution in [1.29, 1.82) is 0 Å². The summed E-state index contributed by atoms with van der Waals surface area (Å²) in [6.45, 7) is 5.48. The molecule has 53 heavy (non-hydrogen) atoms. The van der Waals surface area contributed by atoms with Gasteiger partial charge in [0.2, 0.25) is 0 Å². The van der Waals surface area contributed by atoms with E-state index in [-0.39, 0.29) is 24.1 Å². The zero-order chi connectivity index (χ0) is 37.9. The molecule has 0 spiro atoms. The summed E-state index contributed by atoms with van der Waals surface area (Å²) in [4.78, 5) is 26.1. The highest BCUT2D eigenvalue weighted by Crippen LogP contribution is 2.44. The minimum atomic E-state index is -0.489. The monoisotopic (exact) mass is 747 g/mol. The van der Waals surface area contributed by atoms with Crippen LogP contribution in [0.25, 0.3) is 0 Å². The number of carbonyl (C=O) groups excluding carboxylic acids is 2. The Bertz CT molecular complexity index is 763. The van der Waals surface area contributed by atoms with E-state index in [4.69, 9.17) is 14.2 Å². The minimum absolute atomic E-state index is 0.185. The smallest absolute Gasteiger partial charge is 0.312 e. The first-order chi connectivity index (χ1) is 26.2. The molecule has 2 bridgehead atoms. The molecule has 5 nitrogen and oxygen atoms in total. The van der Waals surface area contributed by atoms with Crippen molar-refractivity contribution in [3.63, 3.8) is 0 Å². The summed E-state index contributed by atoms with van der Waals surface area (Å²) < 4.78 is 17.4. The van der Waals surface area contributed by atoms with Crippen LogP contribution in [-0.2, 0) is 23.8 Å². The number of fused-ring (bicyclic) bond motifs is 2. The van der Waals surface area contributed by atoms with Gasteiger partial charge in [-0.3, -0.25) is 9.59 Å². The van der Waals surface area contributed by atoms with Gasteiger partial charge >= 0.3 is 11.9 Å². The van der Waals surface area contributed by atoms with Crippen molar-refractivity contribution in [2.45, 2.75) is 270 Å². The lowest BCUT2D eigenvalue weighted by Crippen LogP contribution is -2.40. The molecule has 0 amide bonds. The van der Waals surface area contributed by atoms with E-state index in [1.165, 1.54) is 205 Å². The van der Waals surface area contributed by atoms with Gasteiger partial charge in [-0.25, -0.2) is 0 Å². The summed E-state index contributed by atoms with van der Waals surface area (Å²) in [6, 6.07) is 0. The minimum Gasteiger partial charge on any atom is -0.465 e. The summed E-state index contributed by atoms with van der Waals surface area (Å²) in [5.74, 6) is -1.48. The summed E-state index contributed by atoms with van der Waals surface area (Å²) in [5.41, 5.74) is 0. The second-order valence-corrected chi connectivity index (χ2v) is 17.2. The third-order valence-corrected chi connectivity index (χ3v) is 12.3. The molecule has 2 fully saturated rings. The molecule has 2 saturated heterocycles. The Hall–Kier alpha value is -1.10. The zero-order valence-electron chi connectivity index (χ0n) is 35.6. The molecule has 2 rings (SSSR count). The van der Waals surface area contributed by atoms with E-state index < -0.39 is 11.8 Å². The second kappa shape index (κ2) is 35.3. The quantitative estimate of drug-likeness (QED) is 0.0461. The van der Waals surface area contributed by atoms with E-state index in [0.717, 1.165) is 38.5 Å². The Morgan fingerprint density at radius 1 is 0.358 bits per heavy atom. The van der Waals surface area contributed by atoms with Crippen LogP contribution in [0.4, 0.5) is 0 Å². The standard InChI is InChI=1S/C48H90O5/c1-3-5-7-9-11-13-15-17-19-21-23-25-27-29-31-33-35-37-41-51-47(49)45-43-39-40-44(53-43)46(45)48(50)52-42-38-36-34-32-30-28-26-24-22-20-18-16-14-12-10-8-6-4-2/h43-46H,3-42H2,1-2H3. The first kappa shape index (κ1) is 48.0. The van der Waals surface area contributed by atoms with Crippen LogP contribution < -0.4 is 0 Å². The molecule has 2 heterocycles. The molecule has 4 atom stereocenters. The lowest BCUT2D eigenvalue weighted by atomic mass is 9.79. The van der Waals surface area contributed by atoms with Gasteiger partial charge in [0, 0.05) is 0 Å². The highest BCUT2D eigenvalue weighted by Gasteiger charge is 2.56. The van der Waals surface area contributed by atoms with Crippen molar-refractivity contribution in [3.8, 4) is 0 Å². The molecule has 0 saturated carbocycles. The van der Waals surface area contributed by atoms with Gasteiger partial charge < -0.3 is 14.2 Å². The van der Waals surface area contributed by atoms with Crippen molar-refractivity contribution < 1.29 is 23.8 Å². The highest BCUT2D eigenvalue weighted by molar-refractivity contribution is 5.84. The third-order valence-electron chi connectivity index (χ3n) is 12.3. The Morgan fingerprint density at radius 2 is 0.566 bits per heavy atom. The fraction of sp³-hybridized carbons (Fsp3) is 0.958. The summed E-state index contributed by atoms with van der Waals surface area (Å²) >= 11 is 0. The predicted octanol–water partition coefficient (Wildman–Crippen LogP) is 14.9. The van der Waals surface area contributed by atoms with Gasteiger partial charge in [0.25, 0.3) is 0 Å². The van der Waals surface area contributed by atoms with Crippen molar-refractivity contribution in [2.75, 3.05) is 13.2 Å². The molecule has 312 valence electrons. The van der Waals surface area contributed by atoms with Crippen LogP contribution in [0.2, 0.25) is 0 Å². The third kappa shape index (κ3) is 24.9. The lowest BCUT2D eigenvalue weighted by molar-refractivity contribution is -0.161. The maximum absolute atomic E-state index is 13.1. The van der Waals surface area contributed by atoms with E-state index in [2.05, 4.69) is 13.8 Å². The van der Waals surface area contributed by atoms with Crippen LogP contribution in [0.3, 0.4) is 0 Å².